The molecule has 1 saturated heterocycles. The van der Waals surface area contributed by atoms with Crippen LogP contribution in [0.25, 0.3) is 23.3 Å². The Bertz CT molecular complexity index is 1480. The van der Waals surface area contributed by atoms with Crippen molar-refractivity contribution in [3.8, 4) is 16.9 Å². The minimum absolute atomic E-state index is 0.000484. The van der Waals surface area contributed by atoms with Gasteiger partial charge in [-0.05, 0) is 87.0 Å². The van der Waals surface area contributed by atoms with E-state index in [1.54, 1.807) is 6.08 Å². The van der Waals surface area contributed by atoms with Gasteiger partial charge in [0.1, 0.15) is 24.0 Å². The van der Waals surface area contributed by atoms with Crippen LogP contribution in [-0.4, -0.2) is 54.2 Å². The summed E-state index contributed by atoms with van der Waals surface area (Å²) in [6.07, 6.45) is 0.876. The first-order valence-corrected chi connectivity index (χ1v) is 16.8. The van der Waals surface area contributed by atoms with Crippen LogP contribution in [0.1, 0.15) is 67.9 Å². The third-order valence-corrected chi connectivity index (χ3v) is 8.14. The maximum absolute atomic E-state index is 14.6. The molecule has 0 bridgehead atoms. The number of nitrogens with zero attached hydrogens (tertiary/aromatic N) is 1. The molecule has 0 N–H and O–H groups in total. The van der Waals surface area contributed by atoms with E-state index < -0.39 is 23.4 Å². The van der Waals surface area contributed by atoms with Crippen molar-refractivity contribution in [1.82, 2.24) is 4.90 Å². The average molecular weight is 703 g/mol. The van der Waals surface area contributed by atoms with E-state index in [-0.39, 0.29) is 31.3 Å². The van der Waals surface area contributed by atoms with Gasteiger partial charge in [0.2, 0.25) is 0 Å². The van der Waals surface area contributed by atoms with Gasteiger partial charge in [-0.25, -0.2) is 0 Å². The summed E-state index contributed by atoms with van der Waals surface area (Å²) in [5, 5.41) is 0.666. The molecule has 248 valence electrons. The number of rotatable bonds is 12. The van der Waals surface area contributed by atoms with E-state index in [9.17, 15) is 18.0 Å². The average Bonchev–Trinajstić information content (AvgIpc) is 3.00. The van der Waals surface area contributed by atoms with E-state index in [2.05, 4.69) is 15.9 Å². The SMILES string of the molecule is Cc1c(/C=C/c2cc(OCCOCCBr)c(CN3CCCC[C@@H]3C(=O)OC(C)(C)C)cc2C(F)(F)F)cccc1-c1ccccc1. The lowest BCUT2D eigenvalue weighted by atomic mass is 9.95. The molecule has 1 fully saturated rings. The number of piperidine rings is 1. The van der Waals surface area contributed by atoms with Crippen LogP contribution in [0.2, 0.25) is 0 Å². The second kappa shape index (κ2) is 16.1. The zero-order chi connectivity index (χ0) is 33.3. The van der Waals surface area contributed by atoms with E-state index in [0.29, 0.717) is 36.2 Å². The van der Waals surface area contributed by atoms with Gasteiger partial charge in [0.15, 0.2) is 0 Å². The van der Waals surface area contributed by atoms with Crippen molar-refractivity contribution in [2.75, 3.05) is 31.7 Å². The van der Waals surface area contributed by atoms with Crippen LogP contribution in [0, 0.1) is 6.92 Å². The maximum Gasteiger partial charge on any atom is 0.417 e. The van der Waals surface area contributed by atoms with Crippen LogP contribution in [-0.2, 0) is 27.0 Å². The number of alkyl halides is 4. The minimum Gasteiger partial charge on any atom is -0.491 e. The molecule has 0 amide bonds. The predicted molar refractivity (Wildman–Crippen MR) is 181 cm³/mol. The van der Waals surface area contributed by atoms with Gasteiger partial charge in [-0.1, -0.05) is 83.0 Å². The van der Waals surface area contributed by atoms with Gasteiger partial charge in [-0.3, -0.25) is 9.69 Å². The van der Waals surface area contributed by atoms with Crippen molar-refractivity contribution < 1.29 is 32.2 Å². The Balaban J connectivity index is 1.71. The van der Waals surface area contributed by atoms with Gasteiger partial charge >= 0.3 is 12.1 Å². The van der Waals surface area contributed by atoms with Crippen LogP contribution in [0.5, 0.6) is 5.75 Å². The van der Waals surface area contributed by atoms with Crippen molar-refractivity contribution >= 4 is 34.1 Å². The lowest BCUT2D eigenvalue weighted by Gasteiger charge is -2.36. The lowest BCUT2D eigenvalue weighted by molar-refractivity contribution is -0.163. The number of halogens is 4. The van der Waals surface area contributed by atoms with E-state index in [1.807, 2.05) is 81.1 Å². The highest BCUT2D eigenvalue weighted by atomic mass is 79.9. The molecule has 1 heterocycles. The second-order valence-electron chi connectivity index (χ2n) is 12.4. The number of likely N-dealkylation sites (tertiary alicyclic amines) is 1. The smallest absolute Gasteiger partial charge is 0.417 e. The number of ether oxygens (including phenoxy) is 3. The number of hydrogen-bond donors (Lipinski definition) is 0. The zero-order valence-electron chi connectivity index (χ0n) is 27.0. The molecule has 0 aliphatic carbocycles. The summed E-state index contributed by atoms with van der Waals surface area (Å²) in [5.41, 5.74) is 2.77. The summed E-state index contributed by atoms with van der Waals surface area (Å²) in [4.78, 5) is 15.0. The van der Waals surface area contributed by atoms with Crippen molar-refractivity contribution in [1.29, 1.82) is 0 Å². The van der Waals surface area contributed by atoms with E-state index in [0.717, 1.165) is 35.1 Å². The first-order valence-electron chi connectivity index (χ1n) is 15.7. The summed E-state index contributed by atoms with van der Waals surface area (Å²) in [6, 6.07) is 17.8. The maximum atomic E-state index is 14.6. The molecule has 46 heavy (non-hydrogen) atoms. The zero-order valence-corrected chi connectivity index (χ0v) is 28.5. The summed E-state index contributed by atoms with van der Waals surface area (Å²) < 4.78 is 61.2. The normalized spacial score (nSPS) is 16.1. The van der Waals surface area contributed by atoms with Crippen LogP contribution < -0.4 is 4.74 Å². The summed E-state index contributed by atoms with van der Waals surface area (Å²) >= 11 is 3.32. The molecule has 0 radical (unpaired) electrons. The standard InChI is InChI=1S/C37H43BrF3NO4/c1-26-27(13-10-14-31(26)28-11-6-5-7-12-28)16-17-29-24-34(45-22-21-44-20-18-38)30(23-32(29)37(39,40)41)25-42-19-9-8-15-33(42)35(43)46-36(2,3)4/h5-7,10-14,16-17,23-24,33H,8-9,15,18-22,25H2,1-4H3/b17-16+/t33-/m1/s1. The fraction of sp³-hybridized carbons (Fsp3) is 0.432. The topological polar surface area (TPSA) is 48.0 Å². The number of carbonyl (C=O) groups is 1. The van der Waals surface area contributed by atoms with Gasteiger partial charge in [-0.2, -0.15) is 13.2 Å². The molecule has 1 atom stereocenters. The van der Waals surface area contributed by atoms with Gasteiger partial charge < -0.3 is 14.2 Å². The number of carbonyl (C=O) groups excluding carboxylic acids is 1. The Morgan fingerprint density at radius 1 is 0.957 bits per heavy atom. The second-order valence-corrected chi connectivity index (χ2v) is 13.2. The number of benzene rings is 3. The first kappa shape index (κ1) is 35.7. The molecule has 4 rings (SSSR count). The fourth-order valence-electron chi connectivity index (χ4n) is 5.63. The van der Waals surface area contributed by atoms with Gasteiger partial charge in [0.25, 0.3) is 0 Å². The summed E-state index contributed by atoms with van der Waals surface area (Å²) in [5.74, 6) is -0.0279. The highest BCUT2D eigenvalue weighted by molar-refractivity contribution is 9.09. The molecule has 0 aromatic heterocycles. The molecule has 9 heteroatoms. The summed E-state index contributed by atoms with van der Waals surface area (Å²) in [6.45, 7) is 9.02. The van der Waals surface area contributed by atoms with Crippen LogP contribution in [0.3, 0.4) is 0 Å². The molecule has 0 unspecified atom stereocenters. The number of esters is 1. The number of hydrogen-bond acceptors (Lipinski definition) is 5. The van der Waals surface area contributed by atoms with Crippen molar-refractivity contribution in [3.63, 3.8) is 0 Å². The Morgan fingerprint density at radius 3 is 2.39 bits per heavy atom. The molecule has 0 spiro atoms. The molecule has 3 aromatic carbocycles. The third kappa shape index (κ3) is 9.93. The predicted octanol–water partition coefficient (Wildman–Crippen LogP) is 9.34. The van der Waals surface area contributed by atoms with E-state index in [1.165, 1.54) is 18.2 Å². The largest absolute Gasteiger partial charge is 0.491 e. The Kier molecular flexibility index (Phi) is 12.5. The van der Waals surface area contributed by atoms with Crippen molar-refractivity contribution in [3.05, 3.63) is 88.5 Å². The van der Waals surface area contributed by atoms with E-state index >= 15 is 0 Å². The van der Waals surface area contributed by atoms with Crippen LogP contribution >= 0.6 is 15.9 Å². The van der Waals surface area contributed by atoms with Crippen LogP contribution in [0.4, 0.5) is 13.2 Å². The fourth-order valence-corrected chi connectivity index (χ4v) is 5.86. The van der Waals surface area contributed by atoms with Gasteiger partial charge in [-0.15, -0.1) is 0 Å². The monoisotopic (exact) mass is 701 g/mol. The molecular formula is C37H43BrF3NO4. The first-order chi connectivity index (χ1) is 21.9. The molecule has 5 nitrogen and oxygen atoms in total. The quantitative estimate of drug-likeness (QED) is 0.0815. The lowest BCUT2D eigenvalue weighted by Crippen LogP contribution is -2.46. The Labute approximate surface area is 278 Å². The molecule has 1 aliphatic rings. The molecular weight excluding hydrogens is 659 g/mol. The van der Waals surface area contributed by atoms with Gasteiger partial charge in [0.05, 0.1) is 18.8 Å². The highest BCUT2D eigenvalue weighted by Gasteiger charge is 2.36. The van der Waals surface area contributed by atoms with E-state index in [4.69, 9.17) is 14.2 Å². The molecule has 0 saturated carbocycles. The molecule has 3 aromatic rings. The minimum atomic E-state index is -4.61. The van der Waals surface area contributed by atoms with Gasteiger partial charge in [0, 0.05) is 17.4 Å². The Hall–Kier alpha value is -3.14. The molecule has 1 aliphatic heterocycles. The third-order valence-electron chi connectivity index (χ3n) is 7.81. The summed E-state index contributed by atoms with van der Waals surface area (Å²) in [7, 11) is 0. The van der Waals surface area contributed by atoms with Crippen molar-refractivity contribution in [2.45, 2.75) is 71.3 Å². The van der Waals surface area contributed by atoms with Crippen molar-refractivity contribution in [2.24, 2.45) is 0 Å². The van der Waals surface area contributed by atoms with Crippen LogP contribution in [0.15, 0.2) is 60.7 Å². The highest BCUT2D eigenvalue weighted by Crippen LogP contribution is 2.38. The Morgan fingerprint density at radius 2 is 1.70 bits per heavy atom.